The van der Waals surface area contributed by atoms with Crippen molar-refractivity contribution in [3.63, 3.8) is 0 Å². The maximum Gasteiger partial charge on any atom is 0.255 e. The van der Waals surface area contributed by atoms with Crippen molar-refractivity contribution in [1.82, 2.24) is 10.2 Å². The molecule has 5 heteroatoms. The molecule has 0 spiro atoms. The fourth-order valence-electron chi connectivity index (χ4n) is 3.80. The maximum atomic E-state index is 13.3. The highest BCUT2D eigenvalue weighted by Gasteiger charge is 2.46. The molecule has 28 heavy (non-hydrogen) atoms. The number of methoxy groups -OCH3 is 1. The van der Waals surface area contributed by atoms with Crippen molar-refractivity contribution in [3.8, 4) is 5.75 Å². The van der Waals surface area contributed by atoms with Crippen LogP contribution >= 0.6 is 0 Å². The van der Waals surface area contributed by atoms with Gasteiger partial charge < -0.3 is 15.0 Å². The first-order valence-electron chi connectivity index (χ1n) is 9.81. The van der Waals surface area contributed by atoms with Gasteiger partial charge >= 0.3 is 0 Å². The number of hydrogen-bond donors (Lipinski definition) is 1. The summed E-state index contributed by atoms with van der Waals surface area (Å²) in [7, 11) is 1.62. The van der Waals surface area contributed by atoms with Gasteiger partial charge in [-0.3, -0.25) is 9.59 Å². The van der Waals surface area contributed by atoms with Crippen LogP contribution in [0.2, 0.25) is 0 Å². The van der Waals surface area contributed by atoms with Crippen LogP contribution < -0.4 is 10.1 Å². The highest BCUT2D eigenvalue weighted by atomic mass is 16.5. The summed E-state index contributed by atoms with van der Waals surface area (Å²) in [6.07, 6.45) is 2.34. The minimum absolute atomic E-state index is 0.0646. The molecule has 2 aromatic rings. The number of carbonyl (C=O) groups is 2. The van der Waals surface area contributed by atoms with E-state index in [0.717, 1.165) is 29.7 Å². The number of nitrogens with one attached hydrogen (secondary N) is 1. The zero-order valence-electron chi connectivity index (χ0n) is 16.8. The molecule has 1 aliphatic heterocycles. The van der Waals surface area contributed by atoms with E-state index < -0.39 is 5.54 Å². The summed E-state index contributed by atoms with van der Waals surface area (Å²) in [4.78, 5) is 28.2. The van der Waals surface area contributed by atoms with Crippen LogP contribution in [0.5, 0.6) is 5.75 Å². The molecule has 1 heterocycles. The van der Waals surface area contributed by atoms with E-state index >= 15 is 0 Å². The van der Waals surface area contributed by atoms with E-state index in [1.54, 1.807) is 12.0 Å². The number of unbranched alkanes of at least 4 members (excludes halogenated alkanes) is 1. The minimum atomic E-state index is -0.914. The second kappa shape index (κ2) is 8.46. The molecular weight excluding hydrogens is 352 g/mol. The molecule has 1 atom stereocenters. The predicted octanol–water partition coefficient (Wildman–Crippen LogP) is 3.57. The minimum Gasteiger partial charge on any atom is -0.496 e. The van der Waals surface area contributed by atoms with Gasteiger partial charge in [0.25, 0.3) is 5.91 Å². The topological polar surface area (TPSA) is 58.6 Å². The monoisotopic (exact) mass is 380 g/mol. The normalized spacial score (nSPS) is 18.5. The van der Waals surface area contributed by atoms with Gasteiger partial charge in [-0.05, 0) is 31.0 Å². The molecule has 0 unspecified atom stereocenters. The first-order chi connectivity index (χ1) is 13.5. The lowest BCUT2D eigenvalue weighted by Crippen LogP contribution is -2.62. The van der Waals surface area contributed by atoms with Gasteiger partial charge in [0.05, 0.1) is 7.11 Å². The molecular formula is C23H28N2O3. The lowest BCUT2D eigenvalue weighted by atomic mass is 9.82. The number of fused-ring (bicyclic) bond motifs is 1. The summed E-state index contributed by atoms with van der Waals surface area (Å²) < 4.78 is 5.37. The van der Waals surface area contributed by atoms with Crippen molar-refractivity contribution in [2.45, 2.75) is 45.2 Å². The van der Waals surface area contributed by atoms with Crippen molar-refractivity contribution in [2.24, 2.45) is 0 Å². The molecule has 1 aliphatic rings. The Balaban J connectivity index is 1.85. The Morgan fingerprint density at radius 2 is 1.89 bits per heavy atom. The molecule has 0 saturated carbocycles. The summed E-state index contributed by atoms with van der Waals surface area (Å²) in [5, 5.41) is 3.03. The van der Waals surface area contributed by atoms with E-state index in [1.807, 2.05) is 55.5 Å². The zero-order chi connectivity index (χ0) is 20.1. The van der Waals surface area contributed by atoms with Gasteiger partial charge in [0.1, 0.15) is 11.3 Å². The Bertz CT molecular complexity index is 864. The third-order valence-corrected chi connectivity index (χ3v) is 5.48. The van der Waals surface area contributed by atoms with Crippen LogP contribution in [0, 0.1) is 0 Å². The third kappa shape index (κ3) is 3.75. The Labute approximate surface area is 166 Å². The van der Waals surface area contributed by atoms with E-state index in [2.05, 4.69) is 12.2 Å². The maximum absolute atomic E-state index is 13.3. The van der Waals surface area contributed by atoms with Crippen LogP contribution in [-0.2, 0) is 17.8 Å². The van der Waals surface area contributed by atoms with Crippen LogP contribution in [0.1, 0.15) is 48.2 Å². The van der Waals surface area contributed by atoms with Gasteiger partial charge in [-0.15, -0.1) is 0 Å². The van der Waals surface area contributed by atoms with Gasteiger partial charge in [-0.25, -0.2) is 0 Å². The third-order valence-electron chi connectivity index (χ3n) is 5.48. The lowest BCUT2D eigenvalue weighted by Gasteiger charge is -2.44. The summed E-state index contributed by atoms with van der Waals surface area (Å²) in [6.45, 7) is 4.88. The van der Waals surface area contributed by atoms with Crippen LogP contribution in [-0.4, -0.2) is 35.9 Å². The molecule has 0 saturated heterocycles. The summed E-state index contributed by atoms with van der Waals surface area (Å²) >= 11 is 0. The smallest absolute Gasteiger partial charge is 0.255 e. The quantitative estimate of drug-likeness (QED) is 0.799. The molecule has 2 aromatic carbocycles. The molecule has 148 valence electrons. The molecule has 2 amide bonds. The van der Waals surface area contributed by atoms with E-state index in [9.17, 15) is 9.59 Å². The zero-order valence-corrected chi connectivity index (χ0v) is 16.8. The van der Waals surface area contributed by atoms with Crippen LogP contribution in [0.3, 0.4) is 0 Å². The van der Waals surface area contributed by atoms with Gasteiger partial charge in [-0.1, -0.05) is 49.7 Å². The second-order valence-corrected chi connectivity index (χ2v) is 7.41. The number of carbonyl (C=O) groups excluding carboxylic acids is 2. The largest absolute Gasteiger partial charge is 0.496 e. The Morgan fingerprint density at radius 3 is 2.64 bits per heavy atom. The molecule has 0 fully saturated rings. The van der Waals surface area contributed by atoms with Gasteiger partial charge in [0.15, 0.2) is 0 Å². The number of amides is 2. The standard InChI is InChI=1S/C23H28N2O3/c1-4-5-14-25-21(26)19-12-8-6-10-17(19)15-23(25,2)22(27)24-16-18-11-7-9-13-20(18)28-3/h6-13H,4-5,14-16H2,1-3H3,(H,24,27)/t23-/m0/s1. The summed E-state index contributed by atoms with van der Waals surface area (Å²) in [5.74, 6) is 0.531. The van der Waals surface area contributed by atoms with E-state index in [-0.39, 0.29) is 11.8 Å². The summed E-state index contributed by atoms with van der Waals surface area (Å²) in [5.41, 5.74) is 1.62. The number of hydrogen-bond acceptors (Lipinski definition) is 3. The van der Waals surface area contributed by atoms with Gasteiger partial charge in [0, 0.05) is 30.6 Å². The van der Waals surface area contributed by atoms with Crippen molar-refractivity contribution in [2.75, 3.05) is 13.7 Å². The van der Waals surface area contributed by atoms with Crippen LogP contribution in [0.15, 0.2) is 48.5 Å². The Hall–Kier alpha value is -2.82. The Morgan fingerprint density at radius 1 is 1.18 bits per heavy atom. The number of rotatable bonds is 7. The average molecular weight is 380 g/mol. The van der Waals surface area contributed by atoms with Crippen LogP contribution in [0.25, 0.3) is 0 Å². The molecule has 1 N–H and O–H groups in total. The van der Waals surface area contributed by atoms with E-state index in [1.165, 1.54) is 0 Å². The van der Waals surface area contributed by atoms with Crippen LogP contribution in [0.4, 0.5) is 0 Å². The molecule has 0 bridgehead atoms. The predicted molar refractivity (Wildman–Crippen MR) is 109 cm³/mol. The number of para-hydroxylation sites is 1. The van der Waals surface area contributed by atoms with Gasteiger partial charge in [0.2, 0.25) is 5.91 Å². The first-order valence-corrected chi connectivity index (χ1v) is 9.81. The first kappa shape index (κ1) is 19.9. The Kier molecular flexibility index (Phi) is 6.02. The van der Waals surface area contributed by atoms with Crippen molar-refractivity contribution < 1.29 is 14.3 Å². The van der Waals surface area contributed by atoms with Crippen molar-refractivity contribution in [3.05, 3.63) is 65.2 Å². The molecule has 0 aromatic heterocycles. The molecule has 3 rings (SSSR count). The fourth-order valence-corrected chi connectivity index (χ4v) is 3.80. The number of nitrogens with zero attached hydrogens (tertiary/aromatic N) is 1. The molecule has 5 nitrogen and oxygen atoms in total. The highest BCUT2D eigenvalue weighted by molar-refractivity contribution is 6.02. The number of ether oxygens (including phenoxy) is 1. The van der Waals surface area contributed by atoms with E-state index in [4.69, 9.17) is 4.74 Å². The van der Waals surface area contributed by atoms with Gasteiger partial charge in [-0.2, -0.15) is 0 Å². The fraction of sp³-hybridized carbons (Fsp3) is 0.391. The van der Waals surface area contributed by atoms with Crippen molar-refractivity contribution >= 4 is 11.8 Å². The lowest BCUT2D eigenvalue weighted by molar-refractivity contribution is -0.131. The average Bonchev–Trinajstić information content (AvgIpc) is 2.72. The summed E-state index contributed by atoms with van der Waals surface area (Å²) in [6, 6.07) is 15.2. The molecule has 0 aliphatic carbocycles. The molecule has 0 radical (unpaired) electrons. The number of benzene rings is 2. The SMILES string of the molecule is CCCCN1C(=O)c2ccccc2C[C@@]1(C)C(=O)NCc1ccccc1OC. The second-order valence-electron chi connectivity index (χ2n) is 7.41. The van der Waals surface area contributed by atoms with E-state index in [0.29, 0.717) is 25.1 Å². The highest BCUT2D eigenvalue weighted by Crippen LogP contribution is 2.32. The van der Waals surface area contributed by atoms with Crippen molar-refractivity contribution in [1.29, 1.82) is 0 Å².